The SMILES string of the molecule is CS(=O)(=O)N(Cc1c(Cl)cccc1Cl)c1ccc(C(=O)NCCCN2CCCCCC2)cc1. The van der Waals surface area contributed by atoms with E-state index >= 15 is 0 Å². The lowest BCUT2D eigenvalue weighted by Crippen LogP contribution is -2.31. The fraction of sp³-hybridized carbons (Fsp3) is 0.458. The lowest BCUT2D eigenvalue weighted by atomic mass is 10.1. The molecule has 6 nitrogen and oxygen atoms in total. The van der Waals surface area contributed by atoms with Crippen molar-refractivity contribution in [3.8, 4) is 0 Å². The Morgan fingerprint density at radius 1 is 1.00 bits per heavy atom. The molecule has 1 amide bonds. The van der Waals surface area contributed by atoms with Crippen LogP contribution < -0.4 is 9.62 Å². The molecule has 0 aliphatic carbocycles. The molecule has 2 aromatic rings. The van der Waals surface area contributed by atoms with Gasteiger partial charge in [0.2, 0.25) is 10.0 Å². The van der Waals surface area contributed by atoms with Crippen LogP contribution in [0.25, 0.3) is 0 Å². The number of carbonyl (C=O) groups excluding carboxylic acids is 1. The van der Waals surface area contributed by atoms with Gasteiger partial charge in [0.25, 0.3) is 5.91 Å². The van der Waals surface area contributed by atoms with E-state index in [1.165, 1.54) is 30.0 Å². The molecule has 0 saturated carbocycles. The predicted octanol–water partition coefficient (Wildman–Crippen LogP) is 4.96. The number of hydrogen-bond donors (Lipinski definition) is 1. The molecular formula is C24H31Cl2N3O3S. The Labute approximate surface area is 206 Å². The highest BCUT2D eigenvalue weighted by molar-refractivity contribution is 7.92. The third-order valence-electron chi connectivity index (χ3n) is 5.82. The molecule has 3 rings (SSSR count). The molecule has 1 fully saturated rings. The van der Waals surface area contributed by atoms with Crippen molar-refractivity contribution in [1.82, 2.24) is 10.2 Å². The number of anilines is 1. The summed E-state index contributed by atoms with van der Waals surface area (Å²) in [6.45, 7) is 3.89. The van der Waals surface area contributed by atoms with Gasteiger partial charge in [0, 0.05) is 27.7 Å². The zero-order valence-electron chi connectivity index (χ0n) is 18.9. The number of hydrogen-bond acceptors (Lipinski definition) is 4. The second kappa shape index (κ2) is 12.1. The molecule has 0 atom stereocenters. The summed E-state index contributed by atoms with van der Waals surface area (Å²) in [5.74, 6) is -0.169. The first-order valence-electron chi connectivity index (χ1n) is 11.3. The molecule has 0 unspecified atom stereocenters. The van der Waals surface area contributed by atoms with Crippen LogP contribution in [0.5, 0.6) is 0 Å². The highest BCUT2D eigenvalue weighted by Crippen LogP contribution is 2.29. The van der Waals surface area contributed by atoms with Crippen LogP contribution in [0.1, 0.15) is 48.0 Å². The van der Waals surface area contributed by atoms with Gasteiger partial charge in [-0.25, -0.2) is 8.42 Å². The summed E-state index contributed by atoms with van der Waals surface area (Å²) in [6, 6.07) is 11.6. The zero-order valence-corrected chi connectivity index (χ0v) is 21.2. The number of halogens is 2. The van der Waals surface area contributed by atoms with Crippen LogP contribution in [0, 0.1) is 0 Å². The van der Waals surface area contributed by atoms with E-state index in [-0.39, 0.29) is 12.5 Å². The van der Waals surface area contributed by atoms with Crippen LogP contribution in [-0.4, -0.2) is 51.7 Å². The van der Waals surface area contributed by atoms with Crippen molar-refractivity contribution >= 4 is 44.8 Å². The molecule has 1 heterocycles. The van der Waals surface area contributed by atoms with Gasteiger partial charge in [0.1, 0.15) is 0 Å². The molecule has 2 aromatic carbocycles. The van der Waals surface area contributed by atoms with Gasteiger partial charge in [-0.3, -0.25) is 9.10 Å². The Hall–Kier alpha value is -1.80. The molecule has 180 valence electrons. The minimum Gasteiger partial charge on any atom is -0.352 e. The Balaban J connectivity index is 1.60. The van der Waals surface area contributed by atoms with Crippen LogP contribution in [-0.2, 0) is 16.6 Å². The van der Waals surface area contributed by atoms with Gasteiger partial charge >= 0.3 is 0 Å². The van der Waals surface area contributed by atoms with Crippen molar-refractivity contribution in [2.75, 3.05) is 36.7 Å². The number of carbonyl (C=O) groups is 1. The molecule has 0 radical (unpaired) electrons. The number of amides is 1. The van der Waals surface area contributed by atoms with Gasteiger partial charge in [-0.15, -0.1) is 0 Å². The van der Waals surface area contributed by atoms with Gasteiger partial charge < -0.3 is 10.2 Å². The molecule has 1 saturated heterocycles. The van der Waals surface area contributed by atoms with E-state index in [4.69, 9.17) is 23.2 Å². The summed E-state index contributed by atoms with van der Waals surface area (Å²) in [5, 5.41) is 3.75. The van der Waals surface area contributed by atoms with Crippen LogP contribution in [0.3, 0.4) is 0 Å². The Kier molecular flexibility index (Phi) is 9.44. The first-order chi connectivity index (χ1) is 15.8. The molecule has 1 N–H and O–H groups in total. The molecule has 0 bridgehead atoms. The number of nitrogens with one attached hydrogen (secondary N) is 1. The highest BCUT2D eigenvalue weighted by atomic mass is 35.5. The van der Waals surface area contributed by atoms with E-state index in [0.717, 1.165) is 32.3 Å². The lowest BCUT2D eigenvalue weighted by molar-refractivity contribution is 0.0951. The fourth-order valence-electron chi connectivity index (χ4n) is 3.97. The van der Waals surface area contributed by atoms with Crippen molar-refractivity contribution in [3.05, 3.63) is 63.6 Å². The van der Waals surface area contributed by atoms with Gasteiger partial charge in [-0.05, 0) is 75.3 Å². The van der Waals surface area contributed by atoms with E-state index in [9.17, 15) is 13.2 Å². The maximum Gasteiger partial charge on any atom is 0.251 e. The normalized spacial score (nSPS) is 15.1. The van der Waals surface area contributed by atoms with Gasteiger partial charge in [0.15, 0.2) is 0 Å². The second-order valence-corrected chi connectivity index (χ2v) is 11.1. The van der Waals surface area contributed by atoms with Crippen molar-refractivity contribution < 1.29 is 13.2 Å². The number of benzene rings is 2. The van der Waals surface area contributed by atoms with Gasteiger partial charge in [0.05, 0.1) is 18.5 Å². The predicted molar refractivity (Wildman–Crippen MR) is 136 cm³/mol. The second-order valence-electron chi connectivity index (χ2n) is 8.38. The third kappa shape index (κ3) is 7.60. The first-order valence-corrected chi connectivity index (χ1v) is 13.9. The summed E-state index contributed by atoms with van der Waals surface area (Å²) in [6.07, 6.45) is 7.17. The smallest absolute Gasteiger partial charge is 0.251 e. The van der Waals surface area contributed by atoms with Crippen LogP contribution in [0.15, 0.2) is 42.5 Å². The summed E-state index contributed by atoms with van der Waals surface area (Å²) >= 11 is 12.5. The van der Waals surface area contributed by atoms with Crippen LogP contribution in [0.2, 0.25) is 10.0 Å². The van der Waals surface area contributed by atoms with Crippen LogP contribution >= 0.6 is 23.2 Å². The van der Waals surface area contributed by atoms with E-state index in [1.807, 2.05) is 0 Å². The van der Waals surface area contributed by atoms with Crippen molar-refractivity contribution in [1.29, 1.82) is 0 Å². The number of sulfonamides is 1. The largest absolute Gasteiger partial charge is 0.352 e. The van der Waals surface area contributed by atoms with Crippen molar-refractivity contribution in [3.63, 3.8) is 0 Å². The average molecular weight is 513 g/mol. The van der Waals surface area contributed by atoms with Crippen molar-refractivity contribution in [2.24, 2.45) is 0 Å². The molecular weight excluding hydrogens is 481 g/mol. The molecule has 0 aromatic heterocycles. The summed E-state index contributed by atoms with van der Waals surface area (Å²) in [5.41, 5.74) is 1.45. The van der Waals surface area contributed by atoms with E-state index in [0.29, 0.717) is 33.4 Å². The molecule has 9 heteroatoms. The van der Waals surface area contributed by atoms with E-state index in [2.05, 4.69) is 10.2 Å². The number of likely N-dealkylation sites (tertiary alicyclic amines) is 1. The minimum absolute atomic E-state index is 0.000612. The summed E-state index contributed by atoms with van der Waals surface area (Å²) in [4.78, 5) is 15.0. The maximum atomic E-state index is 12.5. The van der Waals surface area contributed by atoms with E-state index in [1.54, 1.807) is 42.5 Å². The van der Waals surface area contributed by atoms with Crippen molar-refractivity contribution in [2.45, 2.75) is 38.6 Å². The Bertz CT molecular complexity index is 1020. The van der Waals surface area contributed by atoms with E-state index < -0.39 is 10.0 Å². The first kappa shape index (κ1) is 25.8. The minimum atomic E-state index is -3.60. The topological polar surface area (TPSA) is 69.7 Å². The fourth-order valence-corrected chi connectivity index (χ4v) is 5.36. The quantitative estimate of drug-likeness (QED) is 0.483. The lowest BCUT2D eigenvalue weighted by Gasteiger charge is -2.24. The monoisotopic (exact) mass is 511 g/mol. The third-order valence-corrected chi connectivity index (χ3v) is 7.67. The standard InChI is InChI=1S/C24H31Cl2N3O3S/c1-33(31,32)29(18-21-22(25)8-6-9-23(21)26)20-12-10-19(11-13-20)24(30)27-14-7-17-28-15-4-2-3-5-16-28/h6,8-13H,2-5,7,14-18H2,1H3,(H,27,30). The summed E-state index contributed by atoms with van der Waals surface area (Å²) < 4.78 is 26.1. The highest BCUT2D eigenvalue weighted by Gasteiger charge is 2.21. The van der Waals surface area contributed by atoms with Gasteiger partial charge in [-0.2, -0.15) is 0 Å². The van der Waals surface area contributed by atoms with Gasteiger partial charge in [-0.1, -0.05) is 42.1 Å². The Morgan fingerprint density at radius 2 is 1.61 bits per heavy atom. The zero-order chi connectivity index (χ0) is 23.8. The maximum absolute atomic E-state index is 12.5. The number of nitrogens with zero attached hydrogens (tertiary/aromatic N) is 2. The number of rotatable bonds is 9. The molecule has 33 heavy (non-hydrogen) atoms. The molecule has 1 aliphatic heterocycles. The molecule has 1 aliphatic rings. The Morgan fingerprint density at radius 3 is 2.18 bits per heavy atom. The average Bonchev–Trinajstić information content (AvgIpc) is 3.04. The molecule has 0 spiro atoms. The summed E-state index contributed by atoms with van der Waals surface area (Å²) in [7, 11) is -3.60. The van der Waals surface area contributed by atoms with Crippen LogP contribution in [0.4, 0.5) is 5.69 Å².